The third kappa shape index (κ3) is 1.67. The number of hydrogen-bond donors (Lipinski definition) is 0. The maximum Gasteiger partial charge on any atom is 0.303 e. The van der Waals surface area contributed by atoms with Crippen molar-refractivity contribution in [3.63, 3.8) is 0 Å². The molecule has 0 amide bonds. The lowest BCUT2D eigenvalue weighted by Gasteiger charge is -2.63. The van der Waals surface area contributed by atoms with Crippen LogP contribution in [0.2, 0.25) is 0 Å². The van der Waals surface area contributed by atoms with Crippen LogP contribution in [-0.4, -0.2) is 17.0 Å². The highest BCUT2D eigenvalue weighted by Crippen LogP contribution is 2.63. The lowest BCUT2D eigenvalue weighted by Crippen LogP contribution is -2.61. The molecule has 3 saturated carbocycles. The van der Waals surface area contributed by atoms with E-state index in [9.17, 15) is 4.79 Å². The Morgan fingerprint density at radius 1 is 1.33 bits per heavy atom. The molecule has 0 aliphatic heterocycles. The van der Waals surface area contributed by atoms with E-state index in [-0.39, 0.29) is 17.0 Å². The summed E-state index contributed by atoms with van der Waals surface area (Å²) in [5, 5.41) is 0. The Morgan fingerprint density at radius 3 is 2.33 bits per heavy atom. The van der Waals surface area contributed by atoms with Gasteiger partial charge in [-0.25, -0.2) is 0 Å². The van der Waals surface area contributed by atoms with Crippen LogP contribution in [0.4, 0.5) is 0 Å². The van der Waals surface area contributed by atoms with Crippen LogP contribution in [0.5, 0.6) is 0 Å². The summed E-state index contributed by atoms with van der Waals surface area (Å²) in [4.78, 5) is 11.1. The summed E-state index contributed by atoms with van der Waals surface area (Å²) in [6, 6.07) is 0. The summed E-state index contributed by atoms with van der Waals surface area (Å²) in [6.07, 6.45) is 3.51. The van der Waals surface area contributed by atoms with Crippen molar-refractivity contribution in [3.05, 3.63) is 0 Å². The smallest absolute Gasteiger partial charge is 0.303 e. The Bertz CT molecular complexity index is 270. The number of esters is 1. The molecule has 3 aliphatic carbocycles. The van der Waals surface area contributed by atoms with E-state index < -0.39 is 0 Å². The number of carbonyl (C=O) groups excluding carboxylic acids is 1. The van der Waals surface area contributed by atoms with Gasteiger partial charge in [-0.05, 0) is 37.5 Å². The lowest BCUT2D eigenvalue weighted by molar-refractivity contribution is -0.216. The molecule has 2 N–H and O–H groups in total. The second-order valence-corrected chi connectivity index (χ2v) is 5.75. The van der Waals surface area contributed by atoms with Crippen molar-refractivity contribution in [1.82, 2.24) is 0 Å². The highest BCUT2D eigenvalue weighted by atomic mass is 16.6. The van der Waals surface area contributed by atoms with Gasteiger partial charge in [0.15, 0.2) is 0 Å². The summed E-state index contributed by atoms with van der Waals surface area (Å²) >= 11 is 0. The van der Waals surface area contributed by atoms with Crippen LogP contribution in [0.25, 0.3) is 0 Å². The van der Waals surface area contributed by atoms with Crippen LogP contribution >= 0.6 is 0 Å². The van der Waals surface area contributed by atoms with Gasteiger partial charge in [-0.2, -0.15) is 0 Å². The van der Waals surface area contributed by atoms with Gasteiger partial charge in [0.25, 0.3) is 0 Å². The molecule has 0 saturated heterocycles. The fourth-order valence-corrected chi connectivity index (χ4v) is 3.63. The van der Waals surface area contributed by atoms with E-state index in [2.05, 4.69) is 20.8 Å². The van der Waals surface area contributed by atoms with Crippen LogP contribution in [0.1, 0.15) is 47.0 Å². The Balaban J connectivity index is 0.00000112. The van der Waals surface area contributed by atoms with Crippen molar-refractivity contribution in [2.75, 3.05) is 0 Å². The van der Waals surface area contributed by atoms with Gasteiger partial charge in [0.05, 0.1) is 0 Å². The molecule has 0 aromatic carbocycles. The van der Waals surface area contributed by atoms with Crippen LogP contribution < -0.4 is 0 Å². The molecule has 3 fully saturated rings. The van der Waals surface area contributed by atoms with Crippen LogP contribution in [0, 0.1) is 17.3 Å². The minimum absolute atomic E-state index is 0. The zero-order chi connectivity index (χ0) is 10.6. The summed E-state index contributed by atoms with van der Waals surface area (Å²) in [5.41, 5.74) is 0.187. The van der Waals surface area contributed by atoms with E-state index in [1.54, 1.807) is 0 Å². The molecule has 0 heterocycles. The fraction of sp³-hybridized carbons (Fsp3) is 0.917. The quantitative estimate of drug-likeness (QED) is 0.626. The van der Waals surface area contributed by atoms with Crippen molar-refractivity contribution >= 4 is 5.97 Å². The molecule has 88 valence electrons. The molecule has 3 aliphatic rings. The van der Waals surface area contributed by atoms with Gasteiger partial charge < -0.3 is 10.2 Å². The first-order chi connectivity index (χ1) is 6.36. The Labute approximate surface area is 91.5 Å². The monoisotopic (exact) mass is 214 g/mol. The Hall–Kier alpha value is -0.570. The van der Waals surface area contributed by atoms with Crippen LogP contribution in [0.3, 0.4) is 0 Å². The van der Waals surface area contributed by atoms with Crippen LogP contribution in [-0.2, 0) is 9.53 Å². The lowest BCUT2D eigenvalue weighted by atomic mass is 9.44. The first-order valence-electron chi connectivity index (χ1n) is 5.56. The molecular formula is C12H22O3. The number of carbonyl (C=O) groups is 1. The molecule has 3 unspecified atom stereocenters. The van der Waals surface area contributed by atoms with E-state index >= 15 is 0 Å². The normalized spacial score (nSPS) is 41.1. The highest BCUT2D eigenvalue weighted by Gasteiger charge is 2.60. The molecule has 3 rings (SSSR count). The Kier molecular flexibility index (Phi) is 2.90. The first kappa shape index (κ1) is 12.5. The minimum atomic E-state index is -0.190. The fourth-order valence-electron chi connectivity index (χ4n) is 3.63. The highest BCUT2D eigenvalue weighted by molar-refractivity contribution is 5.66. The predicted molar refractivity (Wildman–Crippen MR) is 58.4 cm³/mol. The zero-order valence-corrected chi connectivity index (χ0v) is 10.1. The minimum Gasteiger partial charge on any atom is -0.459 e. The number of fused-ring (bicyclic) bond motifs is 2. The summed E-state index contributed by atoms with van der Waals surface area (Å²) in [6.45, 7) is 8.25. The second-order valence-electron chi connectivity index (χ2n) is 5.75. The third-order valence-corrected chi connectivity index (χ3v) is 4.57. The molecular weight excluding hydrogens is 192 g/mol. The molecule has 3 atom stereocenters. The van der Waals surface area contributed by atoms with E-state index in [0.717, 1.165) is 12.3 Å². The molecule has 0 aromatic heterocycles. The molecule has 15 heavy (non-hydrogen) atoms. The van der Waals surface area contributed by atoms with Gasteiger partial charge in [0.1, 0.15) is 5.60 Å². The van der Waals surface area contributed by atoms with Crippen molar-refractivity contribution in [2.45, 2.75) is 52.6 Å². The number of rotatable bonds is 1. The van der Waals surface area contributed by atoms with E-state index in [4.69, 9.17) is 4.74 Å². The molecule has 0 radical (unpaired) electrons. The van der Waals surface area contributed by atoms with E-state index in [1.807, 2.05) is 0 Å². The average Bonchev–Trinajstić information content (AvgIpc) is 2.00. The number of hydrogen-bond acceptors (Lipinski definition) is 2. The van der Waals surface area contributed by atoms with Gasteiger partial charge in [0, 0.05) is 12.8 Å². The molecule has 0 spiro atoms. The standard InChI is InChI=1S/C12H20O2.H2O/c1-8(13)14-12(4)6-5-9-7-10(12)11(9,2)3;/h9-10H,5-7H2,1-4H3;1H2. The van der Waals surface area contributed by atoms with Gasteiger partial charge in [-0.15, -0.1) is 0 Å². The summed E-state index contributed by atoms with van der Waals surface area (Å²) in [7, 11) is 0. The second kappa shape index (κ2) is 3.48. The van der Waals surface area contributed by atoms with Crippen molar-refractivity contribution in [1.29, 1.82) is 0 Å². The average molecular weight is 214 g/mol. The number of ether oxygens (including phenoxy) is 1. The van der Waals surface area contributed by atoms with E-state index in [0.29, 0.717) is 11.3 Å². The Morgan fingerprint density at radius 2 is 1.93 bits per heavy atom. The maximum atomic E-state index is 11.1. The molecule has 0 aromatic rings. The molecule has 2 bridgehead atoms. The van der Waals surface area contributed by atoms with Gasteiger partial charge >= 0.3 is 5.97 Å². The summed E-state index contributed by atoms with van der Waals surface area (Å²) < 4.78 is 5.53. The predicted octanol–water partition coefficient (Wildman–Crippen LogP) is 1.94. The topological polar surface area (TPSA) is 57.8 Å². The molecule has 3 nitrogen and oxygen atoms in total. The zero-order valence-electron chi connectivity index (χ0n) is 10.1. The van der Waals surface area contributed by atoms with Gasteiger partial charge in [-0.3, -0.25) is 4.79 Å². The van der Waals surface area contributed by atoms with Crippen LogP contribution in [0.15, 0.2) is 0 Å². The first-order valence-corrected chi connectivity index (χ1v) is 5.56. The summed E-state index contributed by atoms with van der Waals surface area (Å²) in [5.74, 6) is 1.29. The van der Waals surface area contributed by atoms with Crippen molar-refractivity contribution < 1.29 is 15.0 Å². The molecule has 3 heteroatoms. The third-order valence-electron chi connectivity index (χ3n) is 4.57. The largest absolute Gasteiger partial charge is 0.459 e. The van der Waals surface area contributed by atoms with Crippen molar-refractivity contribution in [3.8, 4) is 0 Å². The van der Waals surface area contributed by atoms with Gasteiger partial charge in [-0.1, -0.05) is 13.8 Å². The SMILES string of the molecule is CC(=O)OC1(C)CCC2CC1C2(C)C.O. The van der Waals surface area contributed by atoms with Crippen molar-refractivity contribution in [2.24, 2.45) is 17.3 Å². The van der Waals surface area contributed by atoms with Gasteiger partial charge in [0.2, 0.25) is 0 Å². The maximum absolute atomic E-state index is 11.1. The van der Waals surface area contributed by atoms with E-state index in [1.165, 1.54) is 19.8 Å².